The summed E-state index contributed by atoms with van der Waals surface area (Å²) < 4.78 is 12.6. The summed E-state index contributed by atoms with van der Waals surface area (Å²) in [5.41, 5.74) is -0.702. The van der Waals surface area contributed by atoms with Crippen LogP contribution in [0.1, 0.15) is 12.0 Å². The summed E-state index contributed by atoms with van der Waals surface area (Å²) in [6, 6.07) is 23.4. The SMILES string of the molecule is O=C(O)C(O)(CCc1ccccc1)C[PH](=O)CSc1ccc2ccccc2c1. The lowest BCUT2D eigenvalue weighted by Crippen LogP contribution is -2.41. The smallest absolute Gasteiger partial charge is 0.336 e. The van der Waals surface area contributed by atoms with Gasteiger partial charge in [-0.15, -0.1) is 11.8 Å². The molecule has 0 heterocycles. The number of thioether (sulfide) groups is 1. The summed E-state index contributed by atoms with van der Waals surface area (Å²) in [5, 5.41) is 22.3. The third kappa shape index (κ3) is 5.48. The first kappa shape index (κ1) is 20.7. The lowest BCUT2D eigenvalue weighted by Gasteiger charge is -2.23. The van der Waals surface area contributed by atoms with Crippen molar-refractivity contribution in [3.8, 4) is 0 Å². The maximum Gasteiger partial charge on any atom is 0.336 e. The summed E-state index contributed by atoms with van der Waals surface area (Å²) in [5.74, 6) is -1.31. The third-order valence-corrected chi connectivity index (χ3v) is 8.11. The van der Waals surface area contributed by atoms with Crippen LogP contribution in [0.15, 0.2) is 77.7 Å². The highest BCUT2D eigenvalue weighted by Crippen LogP contribution is 2.36. The van der Waals surface area contributed by atoms with Gasteiger partial charge in [-0.05, 0) is 41.3 Å². The summed E-state index contributed by atoms with van der Waals surface area (Å²) in [6.07, 6.45) is 0.264. The van der Waals surface area contributed by atoms with Crippen molar-refractivity contribution < 1.29 is 19.6 Å². The molecule has 0 aromatic heterocycles. The normalized spacial score (nSPS) is 14.5. The van der Waals surface area contributed by atoms with Gasteiger partial charge in [-0.25, -0.2) is 4.79 Å². The Morgan fingerprint density at radius 1 is 0.964 bits per heavy atom. The Morgan fingerprint density at radius 2 is 1.64 bits per heavy atom. The number of carbonyl (C=O) groups is 1. The summed E-state index contributed by atoms with van der Waals surface area (Å²) >= 11 is 1.44. The van der Waals surface area contributed by atoms with Gasteiger partial charge in [0.25, 0.3) is 0 Å². The van der Waals surface area contributed by atoms with Gasteiger partial charge in [0.2, 0.25) is 0 Å². The molecule has 0 aliphatic carbocycles. The number of benzene rings is 3. The number of aliphatic hydroxyl groups is 1. The molecule has 0 amide bonds. The maximum atomic E-state index is 12.6. The molecule has 3 rings (SSSR count). The van der Waals surface area contributed by atoms with E-state index < -0.39 is 19.4 Å². The Hall–Kier alpha value is -2.07. The second-order valence-corrected chi connectivity index (χ2v) is 10.2. The number of hydrogen-bond donors (Lipinski definition) is 2. The van der Waals surface area contributed by atoms with Crippen LogP contribution < -0.4 is 0 Å². The van der Waals surface area contributed by atoms with Crippen molar-refractivity contribution in [2.45, 2.75) is 23.3 Å². The third-order valence-electron chi connectivity index (χ3n) is 4.68. The minimum Gasteiger partial charge on any atom is -0.479 e. The number of aliphatic carboxylic acids is 1. The van der Waals surface area contributed by atoms with Crippen molar-refractivity contribution in [3.05, 3.63) is 78.4 Å². The molecule has 2 N–H and O–H groups in total. The number of hydrogen-bond acceptors (Lipinski definition) is 4. The molecule has 3 aromatic carbocycles. The first-order valence-corrected chi connectivity index (χ1v) is 11.9. The summed E-state index contributed by atoms with van der Waals surface area (Å²) in [4.78, 5) is 12.6. The molecule has 0 saturated heterocycles. The molecule has 0 fully saturated rings. The van der Waals surface area contributed by atoms with Gasteiger partial charge in [-0.3, -0.25) is 0 Å². The van der Waals surface area contributed by atoms with E-state index in [1.165, 1.54) is 11.8 Å². The molecule has 28 heavy (non-hydrogen) atoms. The van der Waals surface area contributed by atoms with E-state index in [9.17, 15) is 19.6 Å². The monoisotopic (exact) mass is 414 g/mol. The fourth-order valence-corrected chi connectivity index (χ4v) is 6.14. The number of fused-ring (bicyclic) bond motifs is 1. The van der Waals surface area contributed by atoms with E-state index in [-0.39, 0.29) is 12.6 Å². The van der Waals surface area contributed by atoms with Crippen molar-refractivity contribution in [2.24, 2.45) is 0 Å². The van der Waals surface area contributed by atoms with E-state index in [1.54, 1.807) is 0 Å². The van der Waals surface area contributed by atoms with Crippen LogP contribution in [-0.2, 0) is 15.8 Å². The fourth-order valence-electron chi connectivity index (χ4n) is 3.06. The highest BCUT2D eigenvalue weighted by atomic mass is 32.2. The van der Waals surface area contributed by atoms with Gasteiger partial charge < -0.3 is 14.8 Å². The molecule has 2 atom stereocenters. The number of carboxylic acids is 1. The zero-order chi connectivity index (χ0) is 20.0. The van der Waals surface area contributed by atoms with E-state index in [4.69, 9.17) is 0 Å². The predicted molar refractivity (Wildman–Crippen MR) is 116 cm³/mol. The largest absolute Gasteiger partial charge is 0.479 e. The lowest BCUT2D eigenvalue weighted by atomic mass is 9.97. The molecule has 3 aromatic rings. The molecule has 0 bridgehead atoms. The van der Waals surface area contributed by atoms with Crippen molar-refractivity contribution in [1.82, 2.24) is 0 Å². The average molecular weight is 414 g/mol. The van der Waals surface area contributed by atoms with Gasteiger partial charge in [0.05, 0.1) is 7.80 Å². The van der Waals surface area contributed by atoms with Crippen LogP contribution in [0.2, 0.25) is 0 Å². The van der Waals surface area contributed by atoms with Crippen LogP contribution >= 0.6 is 19.6 Å². The lowest BCUT2D eigenvalue weighted by molar-refractivity contribution is -0.156. The Morgan fingerprint density at radius 3 is 2.36 bits per heavy atom. The highest BCUT2D eigenvalue weighted by molar-refractivity contribution is 8.03. The topological polar surface area (TPSA) is 74.6 Å². The molecule has 0 aliphatic rings. The van der Waals surface area contributed by atoms with Gasteiger partial charge >= 0.3 is 5.97 Å². The quantitative estimate of drug-likeness (QED) is 0.385. The number of carboxylic acid groups (broad SMARTS) is 1. The minimum atomic E-state index is -2.26. The van der Waals surface area contributed by atoms with Crippen LogP contribution in [0.5, 0.6) is 0 Å². The number of aryl methyl sites for hydroxylation is 1. The molecule has 4 nitrogen and oxygen atoms in total. The van der Waals surface area contributed by atoms with Crippen molar-refractivity contribution in [1.29, 1.82) is 0 Å². The Balaban J connectivity index is 1.59. The van der Waals surface area contributed by atoms with Gasteiger partial charge in [0, 0.05) is 16.6 Å². The van der Waals surface area contributed by atoms with Crippen LogP contribution in [0.25, 0.3) is 10.8 Å². The molecule has 0 saturated carbocycles. The van der Waals surface area contributed by atoms with Gasteiger partial charge in [0.1, 0.15) is 0 Å². The van der Waals surface area contributed by atoms with E-state index in [0.29, 0.717) is 11.9 Å². The van der Waals surface area contributed by atoms with Crippen molar-refractivity contribution >= 4 is 36.3 Å². The van der Waals surface area contributed by atoms with Crippen LogP contribution in [-0.4, -0.2) is 33.4 Å². The van der Waals surface area contributed by atoms with Gasteiger partial charge in [-0.2, -0.15) is 0 Å². The maximum absolute atomic E-state index is 12.6. The molecule has 0 radical (unpaired) electrons. The minimum absolute atomic E-state index is 0.0450. The summed E-state index contributed by atoms with van der Waals surface area (Å²) in [6.45, 7) is 0. The highest BCUT2D eigenvalue weighted by Gasteiger charge is 2.37. The Labute approximate surface area is 169 Å². The van der Waals surface area contributed by atoms with E-state index >= 15 is 0 Å². The number of rotatable bonds is 9. The molecule has 2 unspecified atom stereocenters. The van der Waals surface area contributed by atoms with Crippen LogP contribution in [0, 0.1) is 0 Å². The van der Waals surface area contributed by atoms with Crippen LogP contribution in [0.4, 0.5) is 0 Å². The molecular formula is C22H23O4PS. The van der Waals surface area contributed by atoms with E-state index in [2.05, 4.69) is 0 Å². The molecular weight excluding hydrogens is 391 g/mol. The standard InChI is InChI=1S/C22H23O4PS/c23-21(24)22(25,13-12-17-6-2-1-3-7-17)15-27(26)16-28-20-11-10-18-8-4-5-9-19(18)14-20/h1-11,14,25,27H,12-13,15-16H2,(H,23,24). The zero-order valence-corrected chi connectivity index (χ0v) is 17.2. The molecule has 146 valence electrons. The fraction of sp³-hybridized carbons (Fsp3) is 0.227. The Bertz CT molecular complexity index is 976. The first-order valence-electron chi connectivity index (χ1n) is 9.09. The first-order chi connectivity index (χ1) is 13.5. The molecule has 0 spiro atoms. The Kier molecular flexibility index (Phi) is 6.95. The second kappa shape index (κ2) is 9.42. The average Bonchev–Trinajstić information content (AvgIpc) is 2.71. The second-order valence-electron chi connectivity index (χ2n) is 6.84. The van der Waals surface area contributed by atoms with E-state index in [0.717, 1.165) is 21.2 Å². The van der Waals surface area contributed by atoms with Crippen LogP contribution in [0.3, 0.4) is 0 Å². The van der Waals surface area contributed by atoms with Crippen molar-refractivity contribution in [2.75, 3.05) is 11.7 Å². The zero-order valence-electron chi connectivity index (χ0n) is 15.4. The van der Waals surface area contributed by atoms with Crippen molar-refractivity contribution in [3.63, 3.8) is 0 Å². The molecule has 6 heteroatoms. The summed E-state index contributed by atoms with van der Waals surface area (Å²) in [7, 11) is -2.26. The predicted octanol–water partition coefficient (Wildman–Crippen LogP) is 4.90. The molecule has 0 aliphatic heterocycles. The van der Waals surface area contributed by atoms with Gasteiger partial charge in [0.15, 0.2) is 5.60 Å². The van der Waals surface area contributed by atoms with E-state index in [1.807, 2.05) is 72.8 Å². The van der Waals surface area contributed by atoms with Gasteiger partial charge in [-0.1, -0.05) is 60.7 Å².